The van der Waals surface area contributed by atoms with Gasteiger partial charge in [-0.2, -0.15) is 31.4 Å². The Morgan fingerprint density at radius 2 is 1.80 bits per heavy atom. The first-order chi connectivity index (χ1) is 20.5. The van der Waals surface area contributed by atoms with Crippen molar-refractivity contribution >= 4 is 29.3 Å². The molecule has 2 aliphatic rings. The maximum atomic E-state index is 14.0. The largest absolute Gasteiger partial charge is 0.433 e. The first-order valence-electron chi connectivity index (χ1n) is 13.4. The van der Waals surface area contributed by atoms with Gasteiger partial charge < -0.3 is 15.1 Å². The number of nitrogens with one attached hydrogen (secondary N) is 1. The highest BCUT2D eigenvalue weighted by Crippen LogP contribution is 2.38. The number of carbonyl (C=O) groups excluding carboxylic acids is 3. The van der Waals surface area contributed by atoms with Crippen molar-refractivity contribution in [1.82, 2.24) is 29.9 Å². The Labute approximate surface area is 251 Å². The molecule has 16 heteroatoms. The minimum Gasteiger partial charge on any atom is -0.357 e. The van der Waals surface area contributed by atoms with E-state index in [9.17, 15) is 40.7 Å². The van der Waals surface area contributed by atoms with Crippen LogP contribution in [0.4, 0.5) is 26.3 Å². The number of nitrogens with zero attached hydrogens (tertiary/aromatic N) is 5. The van der Waals surface area contributed by atoms with E-state index in [0.29, 0.717) is 17.3 Å². The second kappa shape index (κ2) is 11.1. The molecule has 2 aliphatic heterocycles. The minimum absolute atomic E-state index is 0.00311. The highest BCUT2D eigenvalue weighted by Gasteiger charge is 2.44. The number of hydrogen-bond donors (Lipinski definition) is 1. The molecule has 0 saturated carbocycles. The van der Waals surface area contributed by atoms with E-state index >= 15 is 0 Å². The Kier molecular flexibility index (Phi) is 7.89. The molecular formula is C28H25ClF6N6O3. The van der Waals surface area contributed by atoms with Gasteiger partial charge >= 0.3 is 12.4 Å². The number of rotatable bonds is 4. The minimum atomic E-state index is -4.79. The van der Waals surface area contributed by atoms with E-state index in [2.05, 4.69) is 15.4 Å². The Bertz CT molecular complexity index is 1640. The first kappa shape index (κ1) is 31.3. The van der Waals surface area contributed by atoms with Gasteiger partial charge in [-0.25, -0.2) is 4.68 Å². The van der Waals surface area contributed by atoms with Crippen LogP contribution < -0.4 is 5.32 Å². The lowest BCUT2D eigenvalue weighted by molar-refractivity contribution is -0.141. The molecule has 0 bridgehead atoms. The van der Waals surface area contributed by atoms with Gasteiger partial charge in [0.15, 0.2) is 0 Å². The molecule has 0 saturated heterocycles. The van der Waals surface area contributed by atoms with E-state index in [0.717, 1.165) is 18.3 Å². The lowest BCUT2D eigenvalue weighted by Gasteiger charge is -2.38. The lowest BCUT2D eigenvalue weighted by atomic mass is 9.96. The van der Waals surface area contributed by atoms with E-state index < -0.39 is 64.5 Å². The van der Waals surface area contributed by atoms with E-state index in [1.54, 1.807) is 13.8 Å². The predicted molar refractivity (Wildman–Crippen MR) is 144 cm³/mol. The van der Waals surface area contributed by atoms with E-state index in [4.69, 9.17) is 11.6 Å². The summed E-state index contributed by atoms with van der Waals surface area (Å²) in [6.45, 7) is 2.92. The van der Waals surface area contributed by atoms with Crippen molar-refractivity contribution in [2.75, 3.05) is 13.6 Å². The molecule has 9 nitrogen and oxygen atoms in total. The van der Waals surface area contributed by atoms with Crippen LogP contribution in [0.5, 0.6) is 0 Å². The number of amides is 3. The van der Waals surface area contributed by atoms with Crippen LogP contribution in [0.3, 0.4) is 0 Å². The lowest BCUT2D eigenvalue weighted by Crippen LogP contribution is -2.49. The van der Waals surface area contributed by atoms with Gasteiger partial charge in [0, 0.05) is 36.8 Å². The van der Waals surface area contributed by atoms with Crippen molar-refractivity contribution in [3.05, 3.63) is 80.9 Å². The normalized spacial score (nSPS) is 19.4. The van der Waals surface area contributed by atoms with Gasteiger partial charge in [-0.1, -0.05) is 17.7 Å². The topological polar surface area (TPSA) is 100 Å². The zero-order valence-electron chi connectivity index (χ0n) is 23.4. The van der Waals surface area contributed by atoms with Gasteiger partial charge in [-0.05, 0) is 43.7 Å². The summed E-state index contributed by atoms with van der Waals surface area (Å²) >= 11 is 5.73. The number of hydrogen-bond acceptors (Lipinski definition) is 5. The molecule has 0 spiro atoms. The number of fused-ring (bicyclic) bond motifs is 3. The summed E-state index contributed by atoms with van der Waals surface area (Å²) in [6, 6.07) is 2.51. The number of halogens is 7. The Balaban J connectivity index is 1.51. The van der Waals surface area contributed by atoms with Crippen molar-refractivity contribution < 1.29 is 40.7 Å². The maximum Gasteiger partial charge on any atom is 0.433 e. The SMILES string of the molecule is CNC(=O)[C@@H]1CN([C@@H](C)c2ccc(C(F)(F)F)nc2)C(=O)c2c3c(nn21)C[C@@H](C)N(C(=O)c1ccc(Cl)c(C(F)(F)F)c1)C3. The summed E-state index contributed by atoms with van der Waals surface area (Å²) in [5, 5.41) is 6.51. The highest BCUT2D eigenvalue weighted by atomic mass is 35.5. The van der Waals surface area contributed by atoms with Gasteiger partial charge in [-0.3, -0.25) is 19.4 Å². The standard InChI is InChI=1S/C28H25ClF6N6O3/c1-13-8-20-17(11-39(13)25(43)15-4-6-19(29)18(9-15)27(30,31)32)23-26(44)40(12-21(24(42)36-3)41(23)38-20)14(2)16-5-7-22(37-10-16)28(33,34)35/h4-7,9-10,13-14,21H,8,11-12H2,1-3H3,(H,36,42)/t13-,14+,21+/m1/s1. The second-order valence-electron chi connectivity index (χ2n) is 10.6. The third-order valence-electron chi connectivity index (χ3n) is 7.92. The van der Waals surface area contributed by atoms with E-state index in [-0.39, 0.29) is 36.3 Å². The molecule has 2 aromatic heterocycles. The van der Waals surface area contributed by atoms with Crippen LogP contribution in [-0.2, 0) is 30.1 Å². The number of carbonyl (C=O) groups is 3. The smallest absolute Gasteiger partial charge is 0.357 e. The summed E-state index contributed by atoms with van der Waals surface area (Å²) in [4.78, 5) is 46.5. The van der Waals surface area contributed by atoms with Crippen molar-refractivity contribution in [1.29, 1.82) is 0 Å². The third kappa shape index (κ3) is 5.48. The predicted octanol–water partition coefficient (Wildman–Crippen LogP) is 5.06. The van der Waals surface area contributed by atoms with Gasteiger partial charge in [0.25, 0.3) is 11.8 Å². The van der Waals surface area contributed by atoms with Crippen molar-refractivity contribution in [2.24, 2.45) is 0 Å². The van der Waals surface area contributed by atoms with Gasteiger partial charge in [0.05, 0.1) is 35.4 Å². The Hall–Kier alpha value is -4.14. The van der Waals surface area contributed by atoms with Crippen LogP contribution in [0.25, 0.3) is 0 Å². The third-order valence-corrected chi connectivity index (χ3v) is 8.25. The molecule has 0 unspecified atom stereocenters. The van der Waals surface area contributed by atoms with Crippen LogP contribution in [-0.4, -0.2) is 61.9 Å². The molecule has 0 radical (unpaired) electrons. The Morgan fingerprint density at radius 3 is 2.39 bits per heavy atom. The fraction of sp³-hybridized carbons (Fsp3) is 0.393. The molecule has 234 valence electrons. The zero-order chi connectivity index (χ0) is 32.3. The van der Waals surface area contributed by atoms with Crippen LogP contribution in [0.1, 0.15) is 74.9 Å². The molecular weight excluding hydrogens is 618 g/mol. The fourth-order valence-electron chi connectivity index (χ4n) is 5.50. The van der Waals surface area contributed by atoms with Gasteiger partial charge in [0.2, 0.25) is 5.91 Å². The van der Waals surface area contributed by atoms with Crippen molar-refractivity contribution in [3.63, 3.8) is 0 Å². The van der Waals surface area contributed by atoms with Crippen molar-refractivity contribution in [3.8, 4) is 0 Å². The number of likely N-dealkylation sites (N-methyl/N-ethyl adjacent to an activating group) is 1. The van der Waals surface area contributed by atoms with Crippen LogP contribution in [0.15, 0.2) is 36.5 Å². The molecule has 3 amide bonds. The molecule has 1 aromatic carbocycles. The van der Waals surface area contributed by atoms with Crippen molar-refractivity contribution in [2.45, 2.75) is 57.3 Å². The number of benzene rings is 1. The molecule has 3 atom stereocenters. The van der Waals surface area contributed by atoms with Crippen LogP contribution in [0.2, 0.25) is 5.02 Å². The molecule has 1 N–H and O–H groups in total. The van der Waals surface area contributed by atoms with Crippen LogP contribution >= 0.6 is 11.6 Å². The molecule has 0 fully saturated rings. The summed E-state index contributed by atoms with van der Waals surface area (Å²) in [6.07, 6.45) is -8.28. The molecule has 5 rings (SSSR count). The summed E-state index contributed by atoms with van der Waals surface area (Å²) < 4.78 is 80.9. The average molecular weight is 643 g/mol. The molecule has 44 heavy (non-hydrogen) atoms. The Morgan fingerprint density at radius 1 is 1.09 bits per heavy atom. The zero-order valence-corrected chi connectivity index (χ0v) is 24.2. The highest BCUT2D eigenvalue weighted by molar-refractivity contribution is 6.31. The number of aromatic nitrogens is 3. The second-order valence-corrected chi connectivity index (χ2v) is 11.0. The number of pyridine rings is 1. The monoisotopic (exact) mass is 642 g/mol. The fourth-order valence-corrected chi connectivity index (χ4v) is 5.73. The van der Waals surface area contributed by atoms with Gasteiger partial charge in [0.1, 0.15) is 17.4 Å². The summed E-state index contributed by atoms with van der Waals surface area (Å²) in [5.41, 5.74) is -1.46. The first-order valence-corrected chi connectivity index (χ1v) is 13.7. The quantitative estimate of drug-likeness (QED) is 0.401. The van der Waals surface area contributed by atoms with E-state index in [1.165, 1.54) is 33.7 Å². The summed E-state index contributed by atoms with van der Waals surface area (Å²) in [5.74, 6) is -1.79. The number of alkyl halides is 6. The van der Waals surface area contributed by atoms with Gasteiger partial charge in [-0.15, -0.1) is 0 Å². The average Bonchev–Trinajstić information content (AvgIpc) is 3.33. The molecule has 0 aliphatic carbocycles. The summed E-state index contributed by atoms with van der Waals surface area (Å²) in [7, 11) is 1.40. The van der Waals surface area contributed by atoms with E-state index in [1.807, 2.05) is 0 Å². The molecule has 4 heterocycles. The maximum absolute atomic E-state index is 14.0. The molecule has 3 aromatic rings. The van der Waals surface area contributed by atoms with Crippen LogP contribution in [0, 0.1) is 0 Å².